The molecule has 2 rings (SSSR count). The highest BCUT2D eigenvalue weighted by atomic mass is 79.9. The van der Waals surface area contributed by atoms with E-state index < -0.39 is 16.0 Å². The first kappa shape index (κ1) is 16.7. The van der Waals surface area contributed by atoms with E-state index in [0.717, 1.165) is 12.8 Å². The van der Waals surface area contributed by atoms with Crippen LogP contribution in [0.3, 0.4) is 0 Å². The molecule has 1 atom stereocenters. The SMILES string of the molecule is Cc1cc(Br)c(F)cc1NS(=O)(=O)N1CCCC(CN)C1. The Morgan fingerprint density at radius 1 is 1.52 bits per heavy atom. The van der Waals surface area contributed by atoms with Gasteiger partial charge in [-0.05, 0) is 65.9 Å². The van der Waals surface area contributed by atoms with Crippen molar-refractivity contribution in [2.24, 2.45) is 11.7 Å². The van der Waals surface area contributed by atoms with Crippen LogP contribution < -0.4 is 10.5 Å². The lowest BCUT2D eigenvalue weighted by molar-refractivity contribution is 0.273. The average Bonchev–Trinajstić information content (AvgIpc) is 2.44. The van der Waals surface area contributed by atoms with E-state index in [0.29, 0.717) is 29.7 Å². The van der Waals surface area contributed by atoms with Crippen molar-refractivity contribution in [2.45, 2.75) is 19.8 Å². The minimum atomic E-state index is -3.69. The first-order valence-electron chi connectivity index (χ1n) is 6.77. The minimum absolute atomic E-state index is 0.179. The number of hydrogen-bond donors (Lipinski definition) is 2. The molecule has 8 heteroatoms. The van der Waals surface area contributed by atoms with Crippen LogP contribution in [0.1, 0.15) is 18.4 Å². The fourth-order valence-electron chi connectivity index (χ4n) is 2.40. The standard InChI is InChI=1S/C13H19BrFN3O2S/c1-9-5-11(14)12(15)6-13(9)17-21(19,20)18-4-2-3-10(7-16)8-18/h5-6,10,17H,2-4,7-8,16H2,1H3. The summed E-state index contributed by atoms with van der Waals surface area (Å²) in [7, 11) is -3.69. The van der Waals surface area contributed by atoms with Gasteiger partial charge in [-0.1, -0.05) is 0 Å². The number of rotatable bonds is 4. The molecule has 1 aliphatic rings. The quantitative estimate of drug-likeness (QED) is 0.841. The molecule has 1 heterocycles. The van der Waals surface area contributed by atoms with Crippen LogP contribution in [0.2, 0.25) is 0 Å². The zero-order chi connectivity index (χ0) is 15.6. The number of nitrogens with two attached hydrogens (primary N) is 1. The molecule has 3 N–H and O–H groups in total. The Bertz CT molecular complexity index is 624. The predicted octanol–water partition coefficient (Wildman–Crippen LogP) is 2.22. The van der Waals surface area contributed by atoms with E-state index >= 15 is 0 Å². The number of benzene rings is 1. The number of piperidine rings is 1. The van der Waals surface area contributed by atoms with Crippen molar-refractivity contribution in [2.75, 3.05) is 24.4 Å². The molecule has 0 aliphatic carbocycles. The summed E-state index contributed by atoms with van der Waals surface area (Å²) in [4.78, 5) is 0. The van der Waals surface area contributed by atoms with E-state index in [9.17, 15) is 12.8 Å². The smallest absolute Gasteiger partial charge is 0.301 e. The maximum absolute atomic E-state index is 13.6. The van der Waals surface area contributed by atoms with Gasteiger partial charge in [0.25, 0.3) is 0 Å². The molecular formula is C13H19BrFN3O2S. The van der Waals surface area contributed by atoms with Gasteiger partial charge in [0.05, 0.1) is 10.2 Å². The van der Waals surface area contributed by atoms with E-state index in [1.165, 1.54) is 10.4 Å². The Morgan fingerprint density at radius 3 is 2.90 bits per heavy atom. The van der Waals surface area contributed by atoms with Crippen molar-refractivity contribution in [3.05, 3.63) is 28.0 Å². The van der Waals surface area contributed by atoms with Crippen LogP contribution in [0, 0.1) is 18.7 Å². The summed E-state index contributed by atoms with van der Waals surface area (Å²) in [5, 5.41) is 0. The van der Waals surface area contributed by atoms with E-state index in [1.54, 1.807) is 13.0 Å². The second-order valence-electron chi connectivity index (χ2n) is 5.29. The third-order valence-electron chi connectivity index (χ3n) is 3.66. The molecule has 0 bridgehead atoms. The lowest BCUT2D eigenvalue weighted by Crippen LogP contribution is -2.44. The number of nitrogens with zero attached hydrogens (tertiary/aromatic N) is 1. The first-order valence-corrected chi connectivity index (χ1v) is 9.00. The lowest BCUT2D eigenvalue weighted by Gasteiger charge is -2.31. The molecule has 0 aromatic heterocycles. The van der Waals surface area contributed by atoms with Crippen molar-refractivity contribution in [1.82, 2.24) is 4.31 Å². The van der Waals surface area contributed by atoms with Gasteiger partial charge in [-0.2, -0.15) is 12.7 Å². The molecule has 1 aromatic carbocycles. The first-order chi connectivity index (χ1) is 9.83. The van der Waals surface area contributed by atoms with Crippen LogP contribution in [0.5, 0.6) is 0 Å². The van der Waals surface area contributed by atoms with Gasteiger partial charge in [-0.25, -0.2) is 4.39 Å². The molecule has 0 spiro atoms. The molecule has 1 aromatic rings. The zero-order valence-corrected chi connectivity index (χ0v) is 14.2. The summed E-state index contributed by atoms with van der Waals surface area (Å²) in [6.07, 6.45) is 1.73. The third kappa shape index (κ3) is 3.94. The van der Waals surface area contributed by atoms with Gasteiger partial charge in [-0.15, -0.1) is 0 Å². The Hall–Kier alpha value is -0.700. The van der Waals surface area contributed by atoms with Crippen molar-refractivity contribution in [3.8, 4) is 0 Å². The Labute approximate surface area is 133 Å². The number of nitrogens with one attached hydrogen (secondary N) is 1. The molecule has 0 saturated carbocycles. The molecule has 0 radical (unpaired) electrons. The van der Waals surface area contributed by atoms with Gasteiger partial charge in [0, 0.05) is 13.1 Å². The fourth-order valence-corrected chi connectivity index (χ4v) is 4.26. The molecule has 118 valence electrons. The fraction of sp³-hybridized carbons (Fsp3) is 0.538. The lowest BCUT2D eigenvalue weighted by atomic mass is 10.0. The van der Waals surface area contributed by atoms with Crippen molar-refractivity contribution in [1.29, 1.82) is 0 Å². The summed E-state index contributed by atoms with van der Waals surface area (Å²) < 4.78 is 42.5. The molecular weight excluding hydrogens is 361 g/mol. The highest BCUT2D eigenvalue weighted by Crippen LogP contribution is 2.26. The molecule has 1 unspecified atom stereocenters. The number of aryl methyl sites for hydroxylation is 1. The van der Waals surface area contributed by atoms with Crippen LogP contribution in [0.4, 0.5) is 10.1 Å². The Balaban J connectivity index is 2.19. The molecule has 1 saturated heterocycles. The van der Waals surface area contributed by atoms with Gasteiger partial charge in [0.1, 0.15) is 5.82 Å². The van der Waals surface area contributed by atoms with Gasteiger partial charge in [0.15, 0.2) is 0 Å². The van der Waals surface area contributed by atoms with Gasteiger partial charge >= 0.3 is 10.2 Å². The topological polar surface area (TPSA) is 75.4 Å². The number of hydrogen-bond acceptors (Lipinski definition) is 3. The van der Waals surface area contributed by atoms with Crippen molar-refractivity contribution >= 4 is 31.8 Å². The Kier molecular flexibility index (Phi) is 5.24. The molecule has 0 amide bonds. The zero-order valence-electron chi connectivity index (χ0n) is 11.8. The number of halogens is 2. The maximum Gasteiger partial charge on any atom is 0.301 e. The van der Waals surface area contributed by atoms with Gasteiger partial charge in [0.2, 0.25) is 0 Å². The summed E-state index contributed by atoms with van der Waals surface area (Å²) in [5.74, 6) is -0.324. The predicted molar refractivity (Wildman–Crippen MR) is 84.7 cm³/mol. The normalized spacial score (nSPS) is 20.5. The van der Waals surface area contributed by atoms with Crippen LogP contribution >= 0.6 is 15.9 Å². The summed E-state index contributed by atoms with van der Waals surface area (Å²) >= 11 is 3.08. The average molecular weight is 380 g/mol. The van der Waals surface area contributed by atoms with Crippen LogP contribution in [-0.2, 0) is 10.2 Å². The van der Waals surface area contributed by atoms with Crippen LogP contribution in [0.25, 0.3) is 0 Å². The summed E-state index contributed by atoms with van der Waals surface area (Å²) in [6.45, 7) is 3.06. The Morgan fingerprint density at radius 2 is 2.24 bits per heavy atom. The van der Waals surface area contributed by atoms with Crippen LogP contribution in [-0.4, -0.2) is 32.4 Å². The molecule has 5 nitrogen and oxygen atoms in total. The van der Waals surface area contributed by atoms with Gasteiger partial charge < -0.3 is 5.73 Å². The van der Waals surface area contributed by atoms with E-state index in [-0.39, 0.29) is 11.6 Å². The van der Waals surface area contributed by atoms with Crippen molar-refractivity contribution in [3.63, 3.8) is 0 Å². The maximum atomic E-state index is 13.6. The number of anilines is 1. The van der Waals surface area contributed by atoms with E-state index in [1.807, 2.05) is 0 Å². The van der Waals surface area contributed by atoms with E-state index in [2.05, 4.69) is 20.7 Å². The van der Waals surface area contributed by atoms with Crippen molar-refractivity contribution < 1.29 is 12.8 Å². The summed E-state index contributed by atoms with van der Waals surface area (Å²) in [5.41, 5.74) is 6.53. The van der Waals surface area contributed by atoms with Crippen LogP contribution in [0.15, 0.2) is 16.6 Å². The van der Waals surface area contributed by atoms with E-state index in [4.69, 9.17) is 5.73 Å². The van der Waals surface area contributed by atoms with Gasteiger partial charge in [-0.3, -0.25) is 4.72 Å². The highest BCUT2D eigenvalue weighted by molar-refractivity contribution is 9.10. The second kappa shape index (κ2) is 6.60. The largest absolute Gasteiger partial charge is 0.330 e. The second-order valence-corrected chi connectivity index (χ2v) is 7.82. The minimum Gasteiger partial charge on any atom is -0.330 e. The highest BCUT2D eigenvalue weighted by Gasteiger charge is 2.28. The third-order valence-corrected chi connectivity index (χ3v) is 5.76. The molecule has 21 heavy (non-hydrogen) atoms. The summed E-state index contributed by atoms with van der Waals surface area (Å²) in [6, 6.07) is 2.73. The molecule has 1 fully saturated rings. The molecule has 1 aliphatic heterocycles. The monoisotopic (exact) mass is 379 g/mol.